The van der Waals surface area contributed by atoms with Gasteiger partial charge in [-0.2, -0.15) is 4.99 Å². The predicted molar refractivity (Wildman–Crippen MR) is 77.7 cm³/mol. The molecule has 0 saturated carbocycles. The summed E-state index contributed by atoms with van der Waals surface area (Å²) in [4.78, 5) is 22.0. The van der Waals surface area contributed by atoms with E-state index in [1.54, 1.807) is 11.5 Å². The van der Waals surface area contributed by atoms with Crippen LogP contribution >= 0.6 is 22.7 Å². The van der Waals surface area contributed by atoms with Crippen LogP contribution in [0.3, 0.4) is 0 Å². The molecule has 0 radical (unpaired) electrons. The Labute approximate surface area is 122 Å². The van der Waals surface area contributed by atoms with Gasteiger partial charge in [-0.05, 0) is 18.4 Å². The molecule has 0 aliphatic rings. The first-order valence-corrected chi connectivity index (χ1v) is 7.61. The number of oxazole rings is 1. The monoisotopic (exact) mass is 305 g/mol. The van der Waals surface area contributed by atoms with Crippen molar-refractivity contribution in [3.05, 3.63) is 45.3 Å². The third-order valence-corrected chi connectivity index (χ3v) is 4.39. The number of aryl methyl sites for hydroxylation is 2. The molecule has 1 amide bonds. The highest BCUT2D eigenvalue weighted by Gasteiger charge is 2.18. The molecule has 0 N–H and O–H groups in total. The standard InChI is InChI=1S/C13H11N3O2S2/c1-8-10(11(17)15-13-16(2)5-7-20-13)14-12(18-8)9-4-3-6-19-9/h3-7H,1-2H3. The molecule has 0 spiro atoms. The molecule has 3 rings (SSSR count). The largest absolute Gasteiger partial charge is 0.440 e. The summed E-state index contributed by atoms with van der Waals surface area (Å²) in [5.41, 5.74) is 0.266. The molecule has 102 valence electrons. The highest BCUT2D eigenvalue weighted by molar-refractivity contribution is 7.13. The molecule has 20 heavy (non-hydrogen) atoms. The van der Waals surface area contributed by atoms with Gasteiger partial charge in [-0.25, -0.2) is 4.98 Å². The summed E-state index contributed by atoms with van der Waals surface area (Å²) < 4.78 is 7.33. The highest BCUT2D eigenvalue weighted by atomic mass is 32.1. The normalized spacial score (nSPS) is 12.0. The van der Waals surface area contributed by atoms with Gasteiger partial charge < -0.3 is 8.98 Å². The Kier molecular flexibility index (Phi) is 3.37. The van der Waals surface area contributed by atoms with E-state index in [4.69, 9.17) is 4.42 Å². The second-order valence-electron chi connectivity index (χ2n) is 4.11. The molecule has 0 aliphatic carbocycles. The van der Waals surface area contributed by atoms with Gasteiger partial charge in [-0.3, -0.25) is 4.79 Å². The summed E-state index contributed by atoms with van der Waals surface area (Å²) in [6, 6.07) is 3.82. The second-order valence-corrected chi connectivity index (χ2v) is 5.94. The number of hydrogen-bond donors (Lipinski definition) is 0. The number of thiophene rings is 1. The van der Waals surface area contributed by atoms with Crippen LogP contribution in [0.1, 0.15) is 16.2 Å². The van der Waals surface area contributed by atoms with E-state index in [9.17, 15) is 4.79 Å². The third-order valence-electron chi connectivity index (χ3n) is 2.69. The number of nitrogens with zero attached hydrogens (tertiary/aromatic N) is 3. The van der Waals surface area contributed by atoms with Crippen molar-refractivity contribution in [3.63, 3.8) is 0 Å². The summed E-state index contributed by atoms with van der Waals surface area (Å²) in [6.07, 6.45) is 1.85. The predicted octanol–water partition coefficient (Wildman–Crippen LogP) is 2.85. The molecule has 3 heterocycles. The minimum Gasteiger partial charge on any atom is -0.440 e. The van der Waals surface area contributed by atoms with Gasteiger partial charge >= 0.3 is 5.91 Å². The van der Waals surface area contributed by atoms with Crippen LogP contribution in [0, 0.1) is 6.92 Å². The Bertz CT molecular complexity index is 809. The SMILES string of the molecule is Cc1oc(-c2cccs2)nc1C(=O)N=c1sccn1C. The zero-order chi connectivity index (χ0) is 14.1. The summed E-state index contributed by atoms with van der Waals surface area (Å²) in [5, 5.41) is 3.81. The van der Waals surface area contributed by atoms with Crippen LogP contribution in [0.2, 0.25) is 0 Å². The molecule has 0 saturated heterocycles. The Balaban J connectivity index is 1.99. The minimum atomic E-state index is -0.382. The van der Waals surface area contributed by atoms with Crippen LogP contribution in [0.4, 0.5) is 0 Å². The van der Waals surface area contributed by atoms with Crippen molar-refractivity contribution in [2.24, 2.45) is 12.0 Å². The molecular formula is C13H11N3O2S2. The maximum absolute atomic E-state index is 12.2. The first-order valence-electron chi connectivity index (χ1n) is 5.85. The Hall–Kier alpha value is -1.99. The Morgan fingerprint density at radius 3 is 2.90 bits per heavy atom. The molecule has 0 atom stereocenters. The number of hydrogen-bond acceptors (Lipinski definition) is 5. The van der Waals surface area contributed by atoms with Crippen molar-refractivity contribution in [2.45, 2.75) is 6.92 Å². The lowest BCUT2D eigenvalue weighted by molar-refractivity contribution is 0.0992. The molecule has 3 aromatic rings. The van der Waals surface area contributed by atoms with E-state index in [-0.39, 0.29) is 11.6 Å². The number of carbonyl (C=O) groups is 1. The first-order chi connectivity index (χ1) is 9.65. The molecular weight excluding hydrogens is 294 g/mol. The van der Waals surface area contributed by atoms with E-state index >= 15 is 0 Å². The quantitative estimate of drug-likeness (QED) is 0.731. The fourth-order valence-corrected chi connectivity index (χ4v) is 3.05. The molecule has 3 aromatic heterocycles. The lowest BCUT2D eigenvalue weighted by atomic mass is 10.3. The third kappa shape index (κ3) is 2.37. The van der Waals surface area contributed by atoms with Crippen LogP contribution in [0.25, 0.3) is 10.8 Å². The molecule has 5 nitrogen and oxygen atoms in total. The van der Waals surface area contributed by atoms with Gasteiger partial charge in [0.15, 0.2) is 10.5 Å². The summed E-state index contributed by atoms with van der Waals surface area (Å²) in [6.45, 7) is 1.72. The molecule has 7 heteroatoms. The lowest BCUT2D eigenvalue weighted by Crippen LogP contribution is -2.13. The number of carbonyl (C=O) groups excluding carboxylic acids is 1. The van der Waals surface area contributed by atoms with Crippen LogP contribution in [-0.4, -0.2) is 15.5 Å². The summed E-state index contributed by atoms with van der Waals surface area (Å²) in [5.74, 6) is 0.570. The van der Waals surface area contributed by atoms with E-state index in [0.717, 1.165) is 4.88 Å². The van der Waals surface area contributed by atoms with E-state index < -0.39 is 0 Å². The van der Waals surface area contributed by atoms with Gasteiger partial charge in [0.05, 0.1) is 4.88 Å². The van der Waals surface area contributed by atoms with Crippen molar-refractivity contribution in [3.8, 4) is 10.8 Å². The maximum atomic E-state index is 12.2. The fraction of sp³-hybridized carbons (Fsp3) is 0.154. The molecule has 0 aliphatic heterocycles. The lowest BCUT2D eigenvalue weighted by Gasteiger charge is -1.90. The topological polar surface area (TPSA) is 60.4 Å². The Morgan fingerprint density at radius 2 is 2.25 bits per heavy atom. The number of thiazole rings is 1. The zero-order valence-electron chi connectivity index (χ0n) is 10.9. The van der Waals surface area contributed by atoms with Crippen LogP contribution in [0.5, 0.6) is 0 Å². The second kappa shape index (κ2) is 5.18. The van der Waals surface area contributed by atoms with Crippen molar-refractivity contribution >= 4 is 28.6 Å². The smallest absolute Gasteiger partial charge is 0.301 e. The van der Waals surface area contributed by atoms with Crippen molar-refractivity contribution in [2.75, 3.05) is 0 Å². The van der Waals surface area contributed by atoms with Crippen molar-refractivity contribution in [1.29, 1.82) is 0 Å². The van der Waals surface area contributed by atoms with Crippen molar-refractivity contribution in [1.82, 2.24) is 9.55 Å². The maximum Gasteiger partial charge on any atom is 0.301 e. The van der Waals surface area contributed by atoms with Crippen LogP contribution in [-0.2, 0) is 7.05 Å². The van der Waals surface area contributed by atoms with E-state index in [1.165, 1.54) is 22.7 Å². The van der Waals surface area contributed by atoms with Crippen LogP contribution < -0.4 is 4.80 Å². The zero-order valence-corrected chi connectivity index (χ0v) is 12.5. The van der Waals surface area contributed by atoms with E-state index in [0.29, 0.717) is 16.5 Å². The fourth-order valence-electron chi connectivity index (χ4n) is 1.67. The minimum absolute atomic E-state index is 0.266. The van der Waals surface area contributed by atoms with E-state index in [1.807, 2.05) is 36.1 Å². The molecule has 0 bridgehead atoms. The molecule has 0 fully saturated rings. The number of amides is 1. The summed E-state index contributed by atoms with van der Waals surface area (Å²) in [7, 11) is 1.84. The van der Waals surface area contributed by atoms with Crippen molar-refractivity contribution < 1.29 is 9.21 Å². The summed E-state index contributed by atoms with van der Waals surface area (Å²) >= 11 is 2.92. The van der Waals surface area contributed by atoms with Gasteiger partial charge in [0.2, 0.25) is 5.89 Å². The van der Waals surface area contributed by atoms with Gasteiger partial charge in [0, 0.05) is 18.6 Å². The average Bonchev–Trinajstić information content (AvgIpc) is 3.11. The van der Waals surface area contributed by atoms with Gasteiger partial charge in [-0.1, -0.05) is 6.07 Å². The van der Waals surface area contributed by atoms with E-state index in [2.05, 4.69) is 9.98 Å². The highest BCUT2D eigenvalue weighted by Crippen LogP contribution is 2.26. The Morgan fingerprint density at radius 1 is 1.40 bits per heavy atom. The van der Waals surface area contributed by atoms with Gasteiger partial charge in [0.25, 0.3) is 0 Å². The van der Waals surface area contributed by atoms with Gasteiger partial charge in [-0.15, -0.1) is 22.7 Å². The van der Waals surface area contributed by atoms with Gasteiger partial charge in [0.1, 0.15) is 5.76 Å². The molecule has 0 unspecified atom stereocenters. The number of aromatic nitrogens is 2. The first kappa shape index (κ1) is 13.0. The number of rotatable bonds is 2. The molecule has 0 aromatic carbocycles. The van der Waals surface area contributed by atoms with Crippen LogP contribution in [0.15, 0.2) is 38.5 Å². The average molecular weight is 305 g/mol.